The third-order valence-electron chi connectivity index (χ3n) is 4.77. The minimum atomic E-state index is -0.0273. The van der Waals surface area contributed by atoms with Gasteiger partial charge in [-0.1, -0.05) is 0 Å². The molecule has 7 heteroatoms. The summed E-state index contributed by atoms with van der Waals surface area (Å²) >= 11 is 0. The van der Waals surface area contributed by atoms with Gasteiger partial charge in [0.2, 0.25) is 5.91 Å². The maximum Gasteiger partial charge on any atom is 0.240 e. The zero-order valence-corrected chi connectivity index (χ0v) is 13.7. The Morgan fingerprint density at radius 2 is 2.08 bits per heavy atom. The standard InChI is InChI=1S/C17H21N5O2/c1-24-13-6-4-12(5-7-13)16-20-19-15-11-21(9-10-22(15)16)17(23)14-3-2-8-18-14/h4-7,14,18H,2-3,8-11H2,1H3. The van der Waals surface area contributed by atoms with Crippen LogP contribution in [0.25, 0.3) is 11.4 Å². The van der Waals surface area contributed by atoms with Crippen LogP contribution in [0.2, 0.25) is 0 Å². The fourth-order valence-corrected chi connectivity index (χ4v) is 3.42. The van der Waals surface area contributed by atoms with E-state index in [4.69, 9.17) is 4.74 Å². The summed E-state index contributed by atoms with van der Waals surface area (Å²) < 4.78 is 7.30. The number of aromatic nitrogens is 3. The van der Waals surface area contributed by atoms with E-state index >= 15 is 0 Å². The van der Waals surface area contributed by atoms with E-state index in [-0.39, 0.29) is 11.9 Å². The number of amides is 1. The SMILES string of the molecule is COc1ccc(-c2nnc3n2CCN(C(=O)C2CCCN2)C3)cc1. The van der Waals surface area contributed by atoms with E-state index in [0.29, 0.717) is 13.1 Å². The van der Waals surface area contributed by atoms with E-state index in [2.05, 4.69) is 20.1 Å². The number of ether oxygens (including phenoxy) is 1. The fourth-order valence-electron chi connectivity index (χ4n) is 3.42. The van der Waals surface area contributed by atoms with Gasteiger partial charge in [-0.3, -0.25) is 4.79 Å². The molecule has 2 aliphatic heterocycles. The lowest BCUT2D eigenvalue weighted by molar-refractivity contribution is -0.134. The Bertz CT molecular complexity index is 734. The van der Waals surface area contributed by atoms with E-state index < -0.39 is 0 Å². The zero-order chi connectivity index (χ0) is 16.5. The summed E-state index contributed by atoms with van der Waals surface area (Å²) in [4.78, 5) is 14.4. The molecule has 1 aromatic heterocycles. The molecule has 1 unspecified atom stereocenters. The first kappa shape index (κ1) is 15.1. The van der Waals surface area contributed by atoms with E-state index in [1.165, 1.54) is 0 Å². The monoisotopic (exact) mass is 327 g/mol. The van der Waals surface area contributed by atoms with Crippen LogP contribution in [0.15, 0.2) is 24.3 Å². The first-order valence-corrected chi connectivity index (χ1v) is 8.35. The zero-order valence-electron chi connectivity index (χ0n) is 13.7. The smallest absolute Gasteiger partial charge is 0.240 e. The van der Waals surface area contributed by atoms with Crippen molar-refractivity contribution in [2.45, 2.75) is 32.0 Å². The molecular formula is C17H21N5O2. The second-order valence-electron chi connectivity index (χ2n) is 6.23. The summed E-state index contributed by atoms with van der Waals surface area (Å²) in [6, 6.07) is 7.77. The summed E-state index contributed by atoms with van der Waals surface area (Å²) in [5, 5.41) is 11.9. The molecule has 126 valence electrons. The van der Waals surface area contributed by atoms with E-state index in [9.17, 15) is 4.79 Å². The third-order valence-corrected chi connectivity index (χ3v) is 4.77. The molecular weight excluding hydrogens is 306 g/mol. The van der Waals surface area contributed by atoms with Crippen LogP contribution in [-0.2, 0) is 17.9 Å². The van der Waals surface area contributed by atoms with Gasteiger partial charge in [0.25, 0.3) is 0 Å². The quantitative estimate of drug-likeness (QED) is 0.912. The highest BCUT2D eigenvalue weighted by Gasteiger charge is 2.30. The van der Waals surface area contributed by atoms with Gasteiger partial charge in [-0.15, -0.1) is 10.2 Å². The van der Waals surface area contributed by atoms with Crippen LogP contribution in [0.1, 0.15) is 18.7 Å². The van der Waals surface area contributed by atoms with Crippen molar-refractivity contribution in [1.29, 1.82) is 0 Å². The normalized spacial score (nSPS) is 20.0. The summed E-state index contributed by atoms with van der Waals surface area (Å²) in [5.74, 6) is 2.70. The van der Waals surface area contributed by atoms with Crippen molar-refractivity contribution in [3.63, 3.8) is 0 Å². The van der Waals surface area contributed by atoms with Crippen molar-refractivity contribution in [3.05, 3.63) is 30.1 Å². The maximum absolute atomic E-state index is 12.5. The van der Waals surface area contributed by atoms with E-state index in [0.717, 1.165) is 48.9 Å². The molecule has 3 heterocycles. The second-order valence-corrected chi connectivity index (χ2v) is 6.23. The summed E-state index contributed by atoms with van der Waals surface area (Å²) in [6.07, 6.45) is 2.00. The van der Waals surface area contributed by atoms with Crippen LogP contribution in [0.3, 0.4) is 0 Å². The number of carbonyl (C=O) groups is 1. The number of carbonyl (C=O) groups excluding carboxylic acids is 1. The molecule has 2 aliphatic rings. The minimum Gasteiger partial charge on any atom is -0.497 e. The van der Waals surface area contributed by atoms with Crippen LogP contribution in [-0.4, -0.2) is 51.8 Å². The molecule has 1 saturated heterocycles. The van der Waals surface area contributed by atoms with Gasteiger partial charge in [0.1, 0.15) is 5.75 Å². The molecule has 7 nitrogen and oxygen atoms in total. The summed E-state index contributed by atoms with van der Waals surface area (Å²) in [7, 11) is 1.65. The Kier molecular flexibility index (Phi) is 3.93. The molecule has 1 N–H and O–H groups in total. The molecule has 0 saturated carbocycles. The first-order valence-electron chi connectivity index (χ1n) is 8.35. The Balaban J connectivity index is 1.53. The molecule has 0 aliphatic carbocycles. The molecule has 2 aromatic rings. The van der Waals surface area contributed by atoms with Crippen LogP contribution in [0.4, 0.5) is 0 Å². The van der Waals surface area contributed by atoms with Crippen molar-refractivity contribution in [1.82, 2.24) is 25.0 Å². The lowest BCUT2D eigenvalue weighted by Gasteiger charge is -2.30. The third kappa shape index (κ3) is 2.65. The maximum atomic E-state index is 12.5. The topological polar surface area (TPSA) is 72.3 Å². The molecule has 1 amide bonds. The molecule has 0 spiro atoms. The highest BCUT2D eigenvalue weighted by atomic mass is 16.5. The van der Waals surface area contributed by atoms with E-state index in [1.807, 2.05) is 29.2 Å². The summed E-state index contributed by atoms with van der Waals surface area (Å²) in [6.45, 7) is 2.88. The molecule has 4 rings (SSSR count). The van der Waals surface area contributed by atoms with Gasteiger partial charge in [-0.2, -0.15) is 0 Å². The molecule has 1 fully saturated rings. The van der Waals surface area contributed by atoms with Gasteiger partial charge in [-0.25, -0.2) is 0 Å². The second kappa shape index (κ2) is 6.24. The first-order chi connectivity index (χ1) is 11.8. The lowest BCUT2D eigenvalue weighted by atomic mass is 10.1. The highest BCUT2D eigenvalue weighted by Crippen LogP contribution is 2.24. The number of rotatable bonds is 3. The van der Waals surface area contributed by atoms with Crippen molar-refractivity contribution in [2.24, 2.45) is 0 Å². The Morgan fingerprint density at radius 3 is 2.79 bits per heavy atom. The molecule has 0 bridgehead atoms. The van der Waals surface area contributed by atoms with Crippen LogP contribution < -0.4 is 10.1 Å². The largest absolute Gasteiger partial charge is 0.497 e. The van der Waals surface area contributed by atoms with Crippen LogP contribution in [0.5, 0.6) is 5.75 Å². The Labute approximate surface area is 140 Å². The molecule has 0 radical (unpaired) electrons. The number of hydrogen-bond acceptors (Lipinski definition) is 5. The number of fused-ring (bicyclic) bond motifs is 1. The summed E-state index contributed by atoms with van der Waals surface area (Å²) in [5.41, 5.74) is 1.01. The Morgan fingerprint density at radius 1 is 1.25 bits per heavy atom. The predicted octanol–water partition coefficient (Wildman–Crippen LogP) is 1.05. The Hall–Kier alpha value is -2.41. The van der Waals surface area contributed by atoms with Gasteiger partial charge in [0.15, 0.2) is 11.6 Å². The van der Waals surface area contributed by atoms with Gasteiger partial charge in [0, 0.05) is 18.7 Å². The van der Waals surface area contributed by atoms with Gasteiger partial charge in [0.05, 0.1) is 19.7 Å². The van der Waals surface area contributed by atoms with Crippen molar-refractivity contribution in [3.8, 4) is 17.1 Å². The fraction of sp³-hybridized carbons (Fsp3) is 0.471. The molecule has 24 heavy (non-hydrogen) atoms. The van der Waals surface area contributed by atoms with Gasteiger partial charge >= 0.3 is 0 Å². The lowest BCUT2D eigenvalue weighted by Crippen LogP contribution is -2.46. The van der Waals surface area contributed by atoms with Crippen molar-refractivity contribution in [2.75, 3.05) is 20.2 Å². The van der Waals surface area contributed by atoms with E-state index in [1.54, 1.807) is 7.11 Å². The predicted molar refractivity (Wildman–Crippen MR) is 88.5 cm³/mol. The number of methoxy groups -OCH3 is 1. The number of benzene rings is 1. The van der Waals surface area contributed by atoms with Crippen molar-refractivity contribution < 1.29 is 9.53 Å². The van der Waals surface area contributed by atoms with Gasteiger partial charge in [-0.05, 0) is 43.7 Å². The van der Waals surface area contributed by atoms with Crippen LogP contribution in [0, 0.1) is 0 Å². The van der Waals surface area contributed by atoms with Crippen molar-refractivity contribution >= 4 is 5.91 Å². The number of nitrogens with zero attached hydrogens (tertiary/aromatic N) is 4. The van der Waals surface area contributed by atoms with Gasteiger partial charge < -0.3 is 19.5 Å². The highest BCUT2D eigenvalue weighted by molar-refractivity contribution is 5.82. The minimum absolute atomic E-state index is 0.0273. The molecule has 1 atom stereocenters. The average Bonchev–Trinajstić information content (AvgIpc) is 3.30. The number of hydrogen-bond donors (Lipinski definition) is 1. The average molecular weight is 327 g/mol. The van der Waals surface area contributed by atoms with Crippen LogP contribution >= 0.6 is 0 Å². The molecule has 1 aromatic carbocycles. The number of nitrogens with one attached hydrogen (secondary N) is 1.